The quantitative estimate of drug-likeness (QED) is 0.415. The molecule has 0 saturated carbocycles. The summed E-state index contributed by atoms with van der Waals surface area (Å²) in [7, 11) is 0. The van der Waals surface area contributed by atoms with Gasteiger partial charge in [0.05, 0.1) is 0 Å². The Balaban J connectivity index is 1.79. The van der Waals surface area contributed by atoms with Crippen LogP contribution in [-0.4, -0.2) is 18.6 Å². The molecule has 0 heterocycles. The zero-order valence-corrected chi connectivity index (χ0v) is 19.2. The molecule has 0 spiro atoms. The van der Waals surface area contributed by atoms with E-state index < -0.39 is 0 Å². The summed E-state index contributed by atoms with van der Waals surface area (Å²) in [6, 6.07) is 18.1. The van der Waals surface area contributed by atoms with Gasteiger partial charge in [0, 0.05) is 12.1 Å². The smallest absolute Gasteiger partial charge is 0.00820 e. The van der Waals surface area contributed by atoms with Crippen LogP contribution in [0.3, 0.4) is 0 Å². The summed E-state index contributed by atoms with van der Waals surface area (Å²) in [6.07, 6.45) is 9.57. The summed E-state index contributed by atoms with van der Waals surface area (Å²) < 4.78 is 0. The monoisotopic (exact) mass is 409 g/mol. The van der Waals surface area contributed by atoms with Crippen molar-refractivity contribution in [2.75, 3.05) is 6.54 Å². The van der Waals surface area contributed by atoms with Crippen molar-refractivity contribution in [3.63, 3.8) is 0 Å². The molecule has 0 aromatic heterocycles. The number of aryl methyl sites for hydroxylation is 4. The number of nitrogens with two attached hydrogens (primary N) is 3. The van der Waals surface area contributed by atoms with Gasteiger partial charge in [0.1, 0.15) is 0 Å². The first-order chi connectivity index (χ1) is 14.5. The summed E-state index contributed by atoms with van der Waals surface area (Å²) in [5.41, 5.74) is 24.6. The van der Waals surface area contributed by atoms with Gasteiger partial charge in [0.25, 0.3) is 0 Å². The molecule has 0 aliphatic rings. The lowest BCUT2D eigenvalue weighted by Crippen LogP contribution is -2.43. The Hall–Kier alpha value is -1.68. The van der Waals surface area contributed by atoms with Crippen LogP contribution in [-0.2, 0) is 19.3 Å². The van der Waals surface area contributed by atoms with Crippen molar-refractivity contribution in [2.45, 2.75) is 83.7 Å². The van der Waals surface area contributed by atoms with Gasteiger partial charge in [0.2, 0.25) is 0 Å². The van der Waals surface area contributed by atoms with E-state index in [4.69, 9.17) is 17.2 Å². The zero-order chi connectivity index (χ0) is 21.8. The zero-order valence-electron chi connectivity index (χ0n) is 19.2. The molecule has 0 aliphatic heterocycles. The van der Waals surface area contributed by atoms with Gasteiger partial charge in [-0.3, -0.25) is 0 Å². The Bertz CT molecular complexity index is 693. The molecule has 3 heteroatoms. The van der Waals surface area contributed by atoms with Crippen molar-refractivity contribution < 1.29 is 0 Å². The van der Waals surface area contributed by atoms with E-state index in [9.17, 15) is 0 Å². The maximum Gasteiger partial charge on any atom is 0.00820 e. The van der Waals surface area contributed by atoms with E-state index in [-0.39, 0.29) is 12.1 Å². The molecule has 2 aromatic rings. The largest absolute Gasteiger partial charge is 0.330 e. The van der Waals surface area contributed by atoms with E-state index in [0.29, 0.717) is 12.5 Å². The highest BCUT2D eigenvalue weighted by Gasteiger charge is 2.23. The van der Waals surface area contributed by atoms with Crippen molar-refractivity contribution in [1.29, 1.82) is 0 Å². The first kappa shape index (κ1) is 24.6. The van der Waals surface area contributed by atoms with Crippen LogP contribution in [0, 0.1) is 12.8 Å². The van der Waals surface area contributed by atoms with E-state index in [1.807, 2.05) is 0 Å². The van der Waals surface area contributed by atoms with Gasteiger partial charge < -0.3 is 17.2 Å². The van der Waals surface area contributed by atoms with Crippen molar-refractivity contribution in [2.24, 2.45) is 23.1 Å². The number of benzene rings is 2. The van der Waals surface area contributed by atoms with Gasteiger partial charge in [0.15, 0.2) is 0 Å². The third kappa shape index (κ3) is 8.59. The molecular weight excluding hydrogens is 366 g/mol. The fourth-order valence-electron chi connectivity index (χ4n) is 4.31. The van der Waals surface area contributed by atoms with E-state index in [0.717, 1.165) is 57.8 Å². The van der Waals surface area contributed by atoms with Crippen molar-refractivity contribution in [3.05, 3.63) is 70.8 Å². The standard InChI is InChI=1S/C27H43N3/c1-3-22-16-18-24(19-17-22)8-5-11-27(30)25(9-6-20-28)26(29)10-4-7-23-14-12-21(2)13-15-23/h12-19,25-27H,3-11,20,28-30H2,1-2H3. The highest BCUT2D eigenvalue weighted by molar-refractivity contribution is 5.22. The Morgan fingerprint density at radius 3 is 1.60 bits per heavy atom. The summed E-state index contributed by atoms with van der Waals surface area (Å²) in [6.45, 7) is 5.03. The summed E-state index contributed by atoms with van der Waals surface area (Å²) in [4.78, 5) is 0. The Kier molecular flexibility index (Phi) is 11.1. The minimum atomic E-state index is 0.154. The van der Waals surface area contributed by atoms with E-state index in [1.165, 1.54) is 22.3 Å². The molecule has 3 nitrogen and oxygen atoms in total. The highest BCUT2D eigenvalue weighted by atomic mass is 14.7. The molecule has 166 valence electrons. The van der Waals surface area contributed by atoms with Crippen molar-refractivity contribution in [3.8, 4) is 0 Å². The molecule has 0 saturated heterocycles. The average molecular weight is 410 g/mol. The lowest BCUT2D eigenvalue weighted by Gasteiger charge is -2.30. The number of hydrogen-bond donors (Lipinski definition) is 3. The van der Waals surface area contributed by atoms with Crippen LogP contribution in [0.1, 0.15) is 67.7 Å². The van der Waals surface area contributed by atoms with Crippen LogP contribution < -0.4 is 17.2 Å². The third-order valence-electron chi connectivity index (χ3n) is 6.40. The maximum atomic E-state index is 6.65. The van der Waals surface area contributed by atoms with Gasteiger partial charge in [-0.25, -0.2) is 0 Å². The normalized spacial score (nSPS) is 14.4. The van der Waals surface area contributed by atoms with Crippen LogP contribution in [0.25, 0.3) is 0 Å². The van der Waals surface area contributed by atoms with Crippen LogP contribution >= 0.6 is 0 Å². The second-order valence-electron chi connectivity index (χ2n) is 8.86. The molecule has 6 N–H and O–H groups in total. The van der Waals surface area contributed by atoms with Gasteiger partial charge in [-0.15, -0.1) is 0 Å². The predicted octanol–water partition coefficient (Wildman–Crippen LogP) is 4.91. The first-order valence-corrected chi connectivity index (χ1v) is 11.9. The molecule has 3 unspecified atom stereocenters. The second-order valence-corrected chi connectivity index (χ2v) is 8.86. The Morgan fingerprint density at radius 2 is 1.13 bits per heavy atom. The molecule has 0 amide bonds. The van der Waals surface area contributed by atoms with Gasteiger partial charge in [-0.1, -0.05) is 61.0 Å². The Labute approximate surface area is 184 Å². The molecule has 3 atom stereocenters. The molecule has 30 heavy (non-hydrogen) atoms. The number of rotatable bonds is 14. The number of hydrogen-bond acceptors (Lipinski definition) is 3. The van der Waals surface area contributed by atoms with Crippen LogP contribution in [0.4, 0.5) is 0 Å². The molecule has 2 rings (SSSR count). The van der Waals surface area contributed by atoms with Crippen LogP contribution in [0.2, 0.25) is 0 Å². The minimum Gasteiger partial charge on any atom is -0.330 e. The molecule has 0 bridgehead atoms. The predicted molar refractivity (Wildman–Crippen MR) is 131 cm³/mol. The Morgan fingerprint density at radius 1 is 0.667 bits per heavy atom. The molecule has 0 radical (unpaired) electrons. The van der Waals surface area contributed by atoms with Crippen LogP contribution in [0.5, 0.6) is 0 Å². The van der Waals surface area contributed by atoms with Crippen LogP contribution in [0.15, 0.2) is 48.5 Å². The SMILES string of the molecule is CCc1ccc(CCCC(N)C(CCCN)C(N)CCCc2ccc(C)cc2)cc1. The van der Waals surface area contributed by atoms with Gasteiger partial charge >= 0.3 is 0 Å². The van der Waals surface area contributed by atoms with E-state index in [1.54, 1.807) is 0 Å². The van der Waals surface area contributed by atoms with Crippen molar-refractivity contribution in [1.82, 2.24) is 0 Å². The van der Waals surface area contributed by atoms with E-state index >= 15 is 0 Å². The lowest BCUT2D eigenvalue weighted by atomic mass is 9.83. The fourth-order valence-corrected chi connectivity index (χ4v) is 4.31. The highest BCUT2D eigenvalue weighted by Crippen LogP contribution is 2.22. The summed E-state index contributed by atoms with van der Waals surface area (Å²) in [5, 5.41) is 0. The second kappa shape index (κ2) is 13.6. The molecule has 0 fully saturated rings. The fraction of sp³-hybridized carbons (Fsp3) is 0.556. The van der Waals surface area contributed by atoms with Gasteiger partial charge in [-0.05, 0) is 93.9 Å². The summed E-state index contributed by atoms with van der Waals surface area (Å²) in [5.74, 6) is 0.356. The molecular formula is C27H43N3. The van der Waals surface area contributed by atoms with Gasteiger partial charge in [-0.2, -0.15) is 0 Å². The molecule has 2 aromatic carbocycles. The summed E-state index contributed by atoms with van der Waals surface area (Å²) >= 11 is 0. The first-order valence-electron chi connectivity index (χ1n) is 11.9. The van der Waals surface area contributed by atoms with Crippen molar-refractivity contribution >= 4 is 0 Å². The topological polar surface area (TPSA) is 78.1 Å². The maximum absolute atomic E-state index is 6.65. The van der Waals surface area contributed by atoms with E-state index in [2.05, 4.69) is 62.4 Å². The minimum absolute atomic E-state index is 0.154. The third-order valence-corrected chi connectivity index (χ3v) is 6.40. The lowest BCUT2D eigenvalue weighted by molar-refractivity contribution is 0.293. The molecule has 0 aliphatic carbocycles. The average Bonchev–Trinajstić information content (AvgIpc) is 2.76.